The fraction of sp³-hybridized carbons (Fsp3) is 0.429. The van der Waals surface area contributed by atoms with Crippen LogP contribution in [-0.2, 0) is 9.53 Å². The molecule has 1 rings (SSSR count). The molecule has 0 saturated heterocycles. The monoisotopic (exact) mass is 330 g/mol. The molecule has 0 aliphatic carbocycles. The highest BCUT2D eigenvalue weighted by Gasteiger charge is 2.12. The van der Waals surface area contributed by atoms with Gasteiger partial charge in [-0.05, 0) is 6.42 Å². The number of esters is 1. The number of carbonyl (C=O) groups excluding carboxylic acids is 2. The standard InChI is InChI=1S/C14H19ClN2O5/c1-20-11-8-10(12(21-2)7-9(11)15)17-14(19)16-6-4-5-13(18)22-3/h7-8H,4-6H2,1-3H3,(H2,16,17,19). The molecule has 2 amide bonds. The number of urea groups is 1. The van der Waals surface area contributed by atoms with Crippen LogP contribution < -0.4 is 20.1 Å². The van der Waals surface area contributed by atoms with Crippen molar-refractivity contribution >= 4 is 29.3 Å². The number of hydrogen-bond donors (Lipinski definition) is 2. The number of halogens is 1. The van der Waals surface area contributed by atoms with Crippen LogP contribution in [0.2, 0.25) is 5.02 Å². The van der Waals surface area contributed by atoms with E-state index in [9.17, 15) is 9.59 Å². The zero-order chi connectivity index (χ0) is 16.5. The molecule has 0 heterocycles. The van der Waals surface area contributed by atoms with Crippen LogP contribution in [-0.4, -0.2) is 39.9 Å². The Balaban J connectivity index is 2.58. The van der Waals surface area contributed by atoms with Gasteiger partial charge in [0, 0.05) is 25.1 Å². The third-order valence-corrected chi connectivity index (χ3v) is 3.09. The van der Waals surface area contributed by atoms with E-state index in [2.05, 4.69) is 15.4 Å². The van der Waals surface area contributed by atoms with Gasteiger partial charge in [0.15, 0.2) is 0 Å². The van der Waals surface area contributed by atoms with E-state index in [1.165, 1.54) is 21.3 Å². The average Bonchev–Trinajstić information content (AvgIpc) is 2.52. The molecule has 0 spiro atoms. The predicted octanol–water partition coefficient (Wildman–Crippen LogP) is 2.43. The van der Waals surface area contributed by atoms with Crippen LogP contribution in [0.1, 0.15) is 12.8 Å². The van der Waals surface area contributed by atoms with Gasteiger partial charge in [-0.2, -0.15) is 0 Å². The molecule has 0 aliphatic rings. The second kappa shape index (κ2) is 8.99. The van der Waals surface area contributed by atoms with Gasteiger partial charge in [0.05, 0.1) is 32.0 Å². The van der Waals surface area contributed by atoms with Crippen molar-refractivity contribution in [2.45, 2.75) is 12.8 Å². The third kappa shape index (κ3) is 5.33. The number of carbonyl (C=O) groups is 2. The first kappa shape index (κ1) is 17.9. The molecule has 0 saturated carbocycles. The van der Waals surface area contributed by atoms with Crippen molar-refractivity contribution in [1.29, 1.82) is 0 Å². The summed E-state index contributed by atoms with van der Waals surface area (Å²) in [5, 5.41) is 5.64. The number of ether oxygens (including phenoxy) is 3. The summed E-state index contributed by atoms with van der Waals surface area (Å²) in [5.74, 6) is 0.519. The summed E-state index contributed by atoms with van der Waals surface area (Å²) in [6.07, 6.45) is 0.732. The summed E-state index contributed by atoms with van der Waals surface area (Å²) in [5.41, 5.74) is 0.425. The van der Waals surface area contributed by atoms with E-state index < -0.39 is 6.03 Å². The van der Waals surface area contributed by atoms with Gasteiger partial charge in [-0.1, -0.05) is 11.6 Å². The lowest BCUT2D eigenvalue weighted by Crippen LogP contribution is -2.30. The van der Waals surface area contributed by atoms with Crippen LogP contribution in [0.15, 0.2) is 12.1 Å². The number of amides is 2. The fourth-order valence-electron chi connectivity index (χ4n) is 1.66. The van der Waals surface area contributed by atoms with Gasteiger partial charge in [0.1, 0.15) is 11.5 Å². The van der Waals surface area contributed by atoms with Crippen molar-refractivity contribution in [3.63, 3.8) is 0 Å². The Labute approximate surface area is 133 Å². The molecule has 0 atom stereocenters. The van der Waals surface area contributed by atoms with Crippen molar-refractivity contribution in [3.05, 3.63) is 17.2 Å². The Morgan fingerprint density at radius 3 is 2.41 bits per heavy atom. The zero-order valence-electron chi connectivity index (χ0n) is 12.7. The lowest BCUT2D eigenvalue weighted by molar-refractivity contribution is -0.140. The molecule has 8 heteroatoms. The first-order chi connectivity index (χ1) is 10.5. The summed E-state index contributed by atoms with van der Waals surface area (Å²) < 4.78 is 14.8. The Morgan fingerprint density at radius 1 is 1.14 bits per heavy atom. The molecule has 1 aromatic carbocycles. The summed E-state index contributed by atoms with van der Waals surface area (Å²) in [7, 11) is 4.27. The van der Waals surface area contributed by atoms with Gasteiger partial charge in [-0.15, -0.1) is 0 Å². The van der Waals surface area contributed by atoms with E-state index in [0.29, 0.717) is 35.2 Å². The molecule has 1 aromatic rings. The molecule has 0 aromatic heterocycles. The van der Waals surface area contributed by atoms with Crippen molar-refractivity contribution in [2.24, 2.45) is 0 Å². The Morgan fingerprint density at radius 2 is 1.82 bits per heavy atom. The van der Waals surface area contributed by atoms with E-state index >= 15 is 0 Å². The number of methoxy groups -OCH3 is 3. The summed E-state index contributed by atoms with van der Waals surface area (Å²) in [6.45, 7) is 0.341. The molecule has 122 valence electrons. The number of anilines is 1. The molecule has 7 nitrogen and oxygen atoms in total. The van der Waals surface area contributed by atoms with E-state index in [4.69, 9.17) is 21.1 Å². The third-order valence-electron chi connectivity index (χ3n) is 2.79. The van der Waals surface area contributed by atoms with Crippen LogP contribution in [0, 0.1) is 0 Å². The SMILES string of the molecule is COC(=O)CCCNC(=O)Nc1cc(OC)c(Cl)cc1OC. The molecule has 22 heavy (non-hydrogen) atoms. The minimum Gasteiger partial charge on any atom is -0.495 e. The topological polar surface area (TPSA) is 85.9 Å². The van der Waals surface area contributed by atoms with E-state index in [-0.39, 0.29) is 12.4 Å². The number of rotatable bonds is 7. The molecule has 0 bridgehead atoms. The molecule has 0 aliphatic heterocycles. The van der Waals surface area contributed by atoms with Crippen LogP contribution in [0.3, 0.4) is 0 Å². The molecule has 0 unspecified atom stereocenters. The maximum absolute atomic E-state index is 11.8. The lowest BCUT2D eigenvalue weighted by Gasteiger charge is -2.13. The van der Waals surface area contributed by atoms with Crippen LogP contribution >= 0.6 is 11.6 Å². The fourth-order valence-corrected chi connectivity index (χ4v) is 1.89. The van der Waals surface area contributed by atoms with Crippen LogP contribution in [0.5, 0.6) is 11.5 Å². The summed E-state index contributed by atoms with van der Waals surface area (Å²) in [4.78, 5) is 22.8. The van der Waals surface area contributed by atoms with Gasteiger partial charge >= 0.3 is 12.0 Å². The highest BCUT2D eigenvalue weighted by molar-refractivity contribution is 6.32. The first-order valence-electron chi connectivity index (χ1n) is 6.55. The molecular formula is C14H19ClN2O5. The van der Waals surface area contributed by atoms with Gasteiger partial charge < -0.3 is 24.8 Å². The highest BCUT2D eigenvalue weighted by Crippen LogP contribution is 2.35. The second-order valence-corrected chi connectivity index (χ2v) is 4.65. The van der Waals surface area contributed by atoms with E-state index in [1.807, 2.05) is 0 Å². The van der Waals surface area contributed by atoms with Crippen LogP contribution in [0.25, 0.3) is 0 Å². The minimum absolute atomic E-state index is 0.245. The maximum Gasteiger partial charge on any atom is 0.319 e. The maximum atomic E-state index is 11.8. The Kier molecular flexibility index (Phi) is 7.31. The van der Waals surface area contributed by atoms with Crippen LogP contribution in [0.4, 0.5) is 10.5 Å². The second-order valence-electron chi connectivity index (χ2n) is 4.25. The number of benzene rings is 1. The van der Waals surface area contributed by atoms with Gasteiger partial charge in [0.25, 0.3) is 0 Å². The molecular weight excluding hydrogens is 312 g/mol. The first-order valence-corrected chi connectivity index (χ1v) is 6.92. The summed E-state index contributed by atoms with van der Waals surface area (Å²) >= 11 is 5.99. The van der Waals surface area contributed by atoms with Crippen molar-refractivity contribution < 1.29 is 23.8 Å². The predicted molar refractivity (Wildman–Crippen MR) is 82.8 cm³/mol. The molecule has 2 N–H and O–H groups in total. The molecule has 0 fully saturated rings. The Hall–Kier alpha value is -2.15. The Bertz CT molecular complexity index is 536. The minimum atomic E-state index is -0.424. The summed E-state index contributed by atoms with van der Waals surface area (Å²) in [6, 6.07) is 2.69. The highest BCUT2D eigenvalue weighted by atomic mass is 35.5. The van der Waals surface area contributed by atoms with E-state index in [0.717, 1.165) is 0 Å². The quantitative estimate of drug-likeness (QED) is 0.592. The smallest absolute Gasteiger partial charge is 0.319 e. The molecule has 0 radical (unpaired) electrons. The van der Waals surface area contributed by atoms with Crippen molar-refractivity contribution in [3.8, 4) is 11.5 Å². The van der Waals surface area contributed by atoms with Gasteiger partial charge in [0.2, 0.25) is 0 Å². The zero-order valence-corrected chi connectivity index (χ0v) is 13.5. The van der Waals surface area contributed by atoms with Gasteiger partial charge in [-0.25, -0.2) is 4.79 Å². The number of nitrogens with one attached hydrogen (secondary N) is 2. The number of hydrogen-bond acceptors (Lipinski definition) is 5. The van der Waals surface area contributed by atoms with Gasteiger partial charge in [-0.3, -0.25) is 4.79 Å². The normalized spacial score (nSPS) is 9.82. The lowest BCUT2D eigenvalue weighted by atomic mass is 10.2. The van der Waals surface area contributed by atoms with E-state index in [1.54, 1.807) is 12.1 Å². The van der Waals surface area contributed by atoms with Crippen molar-refractivity contribution in [2.75, 3.05) is 33.2 Å². The largest absolute Gasteiger partial charge is 0.495 e. The average molecular weight is 331 g/mol. The van der Waals surface area contributed by atoms with Crippen molar-refractivity contribution in [1.82, 2.24) is 5.32 Å².